The van der Waals surface area contributed by atoms with Gasteiger partial charge < -0.3 is 25.5 Å². The van der Waals surface area contributed by atoms with Crippen LogP contribution in [0.5, 0.6) is 0 Å². The summed E-state index contributed by atoms with van der Waals surface area (Å²) in [6, 6.07) is 0. The van der Waals surface area contributed by atoms with E-state index in [2.05, 4.69) is 0 Å². The summed E-state index contributed by atoms with van der Waals surface area (Å²) in [4.78, 5) is 57.6. The van der Waals surface area contributed by atoms with Gasteiger partial charge in [-0.2, -0.15) is 0 Å². The van der Waals surface area contributed by atoms with E-state index < -0.39 is 62.6 Å². The molecule has 5 N–H and O–H groups in total. The Morgan fingerprint density at radius 1 is 0.429 bits per heavy atom. The third kappa shape index (κ3) is 16.4. The standard InChI is InChI=1S/C14H23N3O10.Na/c18-10(19)5-15(1-3-16(6-11(20)21)7-12(22)23)2-4-17(8-13(24)25)9-14(26)27;/h1-9H2,(H,18,19)(H,20,21)(H,22,23)(H,24,25)(H,26,27);. The van der Waals surface area contributed by atoms with E-state index in [1.54, 1.807) is 0 Å². The molecule has 0 saturated heterocycles. The maximum atomic E-state index is 11.0. The molecule has 0 spiro atoms. The van der Waals surface area contributed by atoms with Crippen LogP contribution in [0, 0.1) is 0 Å². The van der Waals surface area contributed by atoms with Crippen LogP contribution in [0.3, 0.4) is 0 Å². The summed E-state index contributed by atoms with van der Waals surface area (Å²) < 4.78 is 0. The van der Waals surface area contributed by atoms with E-state index in [9.17, 15) is 24.0 Å². The van der Waals surface area contributed by atoms with Gasteiger partial charge in [-0.1, -0.05) is 0 Å². The molecule has 0 bridgehead atoms. The quantitative estimate of drug-likeness (QED) is 0.159. The predicted molar refractivity (Wildman–Crippen MR) is 93.3 cm³/mol. The summed E-state index contributed by atoms with van der Waals surface area (Å²) in [6.07, 6.45) is 0. The first-order valence-electron chi connectivity index (χ1n) is 7.75. The van der Waals surface area contributed by atoms with Gasteiger partial charge in [-0.15, -0.1) is 0 Å². The Hall–Kier alpha value is -1.77. The molecule has 0 aromatic carbocycles. The molecule has 0 aliphatic rings. The van der Waals surface area contributed by atoms with Crippen molar-refractivity contribution in [3.05, 3.63) is 0 Å². The second kappa shape index (κ2) is 15.2. The molecule has 14 heteroatoms. The van der Waals surface area contributed by atoms with Gasteiger partial charge in [0.25, 0.3) is 0 Å². The summed E-state index contributed by atoms with van der Waals surface area (Å²) >= 11 is 0. The number of aliphatic carboxylic acids is 5. The summed E-state index contributed by atoms with van der Waals surface area (Å²) in [5.74, 6) is -6.16. The first-order valence-corrected chi connectivity index (χ1v) is 7.75. The van der Waals surface area contributed by atoms with E-state index in [1.807, 2.05) is 0 Å². The van der Waals surface area contributed by atoms with E-state index in [4.69, 9.17) is 25.5 Å². The van der Waals surface area contributed by atoms with Crippen molar-refractivity contribution in [1.82, 2.24) is 14.7 Å². The zero-order valence-electron chi connectivity index (χ0n) is 15.5. The first kappa shape index (κ1) is 28.4. The van der Waals surface area contributed by atoms with Crippen molar-refractivity contribution in [2.24, 2.45) is 0 Å². The summed E-state index contributed by atoms with van der Waals surface area (Å²) in [7, 11) is 0. The minimum Gasteiger partial charge on any atom is -0.480 e. The molecule has 0 saturated carbocycles. The number of carboxylic acids is 5. The van der Waals surface area contributed by atoms with Crippen molar-refractivity contribution in [1.29, 1.82) is 0 Å². The van der Waals surface area contributed by atoms with Crippen LogP contribution in [0.15, 0.2) is 0 Å². The number of hydrogen-bond donors (Lipinski definition) is 5. The molecular formula is C14H23N3NaO10. The molecular weight excluding hydrogens is 393 g/mol. The fourth-order valence-corrected chi connectivity index (χ4v) is 2.22. The Balaban J connectivity index is 0. The average Bonchev–Trinajstić information content (AvgIpc) is 2.46. The monoisotopic (exact) mass is 416 g/mol. The van der Waals surface area contributed by atoms with Crippen molar-refractivity contribution in [2.45, 2.75) is 0 Å². The number of rotatable bonds is 16. The van der Waals surface area contributed by atoms with Crippen LogP contribution < -0.4 is 0 Å². The van der Waals surface area contributed by atoms with Crippen molar-refractivity contribution < 1.29 is 49.5 Å². The molecule has 0 heterocycles. The number of carbonyl (C=O) groups is 5. The van der Waals surface area contributed by atoms with Crippen LogP contribution >= 0.6 is 0 Å². The van der Waals surface area contributed by atoms with E-state index in [-0.39, 0.29) is 55.7 Å². The number of carboxylic acid groups (broad SMARTS) is 5. The normalized spacial score (nSPS) is 10.7. The molecule has 155 valence electrons. The van der Waals surface area contributed by atoms with Gasteiger partial charge in [0.15, 0.2) is 0 Å². The maximum absolute atomic E-state index is 11.0. The van der Waals surface area contributed by atoms with Crippen molar-refractivity contribution >= 4 is 59.4 Å². The maximum Gasteiger partial charge on any atom is 0.317 e. The van der Waals surface area contributed by atoms with Gasteiger partial charge in [0.2, 0.25) is 0 Å². The van der Waals surface area contributed by atoms with E-state index in [0.29, 0.717) is 0 Å². The van der Waals surface area contributed by atoms with Gasteiger partial charge >= 0.3 is 29.8 Å². The summed E-state index contributed by atoms with van der Waals surface area (Å²) in [6.45, 7) is -2.74. The molecule has 0 aromatic heterocycles. The Morgan fingerprint density at radius 2 is 0.607 bits per heavy atom. The third-order valence-electron chi connectivity index (χ3n) is 3.26. The molecule has 0 aliphatic heterocycles. The fraction of sp³-hybridized carbons (Fsp3) is 0.643. The van der Waals surface area contributed by atoms with E-state index in [0.717, 1.165) is 9.80 Å². The van der Waals surface area contributed by atoms with Gasteiger partial charge in [0, 0.05) is 55.7 Å². The van der Waals surface area contributed by atoms with Crippen molar-refractivity contribution in [3.63, 3.8) is 0 Å². The zero-order chi connectivity index (χ0) is 21.0. The second-order valence-corrected chi connectivity index (χ2v) is 5.67. The van der Waals surface area contributed by atoms with Crippen LogP contribution in [0.4, 0.5) is 0 Å². The number of nitrogens with zero attached hydrogens (tertiary/aromatic N) is 3. The van der Waals surface area contributed by atoms with Gasteiger partial charge in [0.05, 0.1) is 32.7 Å². The van der Waals surface area contributed by atoms with E-state index in [1.165, 1.54) is 4.90 Å². The van der Waals surface area contributed by atoms with Gasteiger partial charge in [-0.25, -0.2) is 0 Å². The molecule has 13 nitrogen and oxygen atoms in total. The molecule has 0 fully saturated rings. The Labute approximate surface area is 182 Å². The Kier molecular flexibility index (Phi) is 15.4. The topological polar surface area (TPSA) is 196 Å². The van der Waals surface area contributed by atoms with Crippen LogP contribution in [-0.4, -0.2) is 159 Å². The molecule has 0 aromatic rings. The van der Waals surface area contributed by atoms with Crippen molar-refractivity contribution in [2.75, 3.05) is 58.9 Å². The van der Waals surface area contributed by atoms with Gasteiger partial charge in [-0.3, -0.25) is 38.7 Å². The molecule has 0 aliphatic carbocycles. The smallest absolute Gasteiger partial charge is 0.317 e. The fourth-order valence-electron chi connectivity index (χ4n) is 2.22. The largest absolute Gasteiger partial charge is 0.480 e. The molecule has 0 unspecified atom stereocenters. The third-order valence-corrected chi connectivity index (χ3v) is 3.26. The van der Waals surface area contributed by atoms with Crippen LogP contribution in [-0.2, 0) is 24.0 Å². The second-order valence-electron chi connectivity index (χ2n) is 5.67. The van der Waals surface area contributed by atoms with Crippen LogP contribution in [0.1, 0.15) is 0 Å². The molecule has 28 heavy (non-hydrogen) atoms. The zero-order valence-corrected chi connectivity index (χ0v) is 17.5. The molecule has 0 amide bonds. The predicted octanol–water partition coefficient (Wildman–Crippen LogP) is -3.07. The van der Waals surface area contributed by atoms with Crippen molar-refractivity contribution in [3.8, 4) is 0 Å². The van der Waals surface area contributed by atoms with Gasteiger partial charge in [0.1, 0.15) is 0 Å². The van der Waals surface area contributed by atoms with Crippen LogP contribution in [0.25, 0.3) is 0 Å². The molecule has 0 atom stereocenters. The van der Waals surface area contributed by atoms with E-state index >= 15 is 0 Å². The SMILES string of the molecule is O=C(O)CN(CCN(CC(=O)O)CC(=O)O)CCN(CC(=O)O)CC(=O)O.[Na]. The minimum absolute atomic E-state index is 0. The summed E-state index contributed by atoms with van der Waals surface area (Å²) in [5.41, 5.74) is 0. The molecule has 0 rings (SSSR count). The molecule has 1 radical (unpaired) electrons. The van der Waals surface area contributed by atoms with Crippen LogP contribution in [0.2, 0.25) is 0 Å². The Bertz CT molecular complexity index is 487. The number of hydrogen-bond acceptors (Lipinski definition) is 8. The Morgan fingerprint density at radius 3 is 0.821 bits per heavy atom. The minimum atomic E-state index is -1.24. The summed E-state index contributed by atoms with van der Waals surface area (Å²) in [5, 5.41) is 44.1. The first-order chi connectivity index (χ1) is 12.5. The average molecular weight is 416 g/mol. The van der Waals surface area contributed by atoms with Gasteiger partial charge in [-0.05, 0) is 0 Å².